The van der Waals surface area contributed by atoms with Crippen LogP contribution < -0.4 is 5.73 Å². The van der Waals surface area contributed by atoms with Crippen LogP contribution in [0.15, 0.2) is 18.2 Å². The third kappa shape index (κ3) is 3.64. The predicted octanol–water partition coefficient (Wildman–Crippen LogP) is 1.17. The third-order valence-electron chi connectivity index (χ3n) is 5.03. The minimum atomic E-state index is -0.757. The number of likely N-dealkylation sites (tertiary alicyclic amines) is 1. The van der Waals surface area contributed by atoms with E-state index in [0.29, 0.717) is 18.7 Å². The van der Waals surface area contributed by atoms with Gasteiger partial charge in [0.25, 0.3) is 11.8 Å². The number of carbonyl (C=O) groups is 4. The lowest BCUT2D eigenvalue weighted by atomic mass is 9.97. The Labute approximate surface area is 163 Å². The van der Waals surface area contributed by atoms with Crippen molar-refractivity contribution >= 4 is 23.7 Å². The van der Waals surface area contributed by atoms with Crippen molar-refractivity contribution in [2.24, 2.45) is 11.1 Å². The van der Waals surface area contributed by atoms with E-state index >= 15 is 0 Å². The van der Waals surface area contributed by atoms with Crippen LogP contribution in [0.2, 0.25) is 0 Å². The van der Waals surface area contributed by atoms with E-state index in [2.05, 4.69) is 0 Å². The predicted molar refractivity (Wildman–Crippen MR) is 99.5 cm³/mol. The van der Waals surface area contributed by atoms with Crippen LogP contribution in [0.4, 0.5) is 0 Å². The molecule has 0 spiro atoms. The Morgan fingerprint density at radius 2 is 1.96 bits per heavy atom. The molecule has 2 N–H and O–H groups in total. The van der Waals surface area contributed by atoms with Gasteiger partial charge in [0, 0.05) is 25.1 Å². The van der Waals surface area contributed by atoms with Crippen molar-refractivity contribution in [2.45, 2.75) is 52.7 Å². The van der Waals surface area contributed by atoms with Gasteiger partial charge in [-0.3, -0.25) is 19.2 Å². The van der Waals surface area contributed by atoms with Crippen molar-refractivity contribution in [3.8, 4) is 0 Å². The van der Waals surface area contributed by atoms with Gasteiger partial charge >= 0.3 is 5.97 Å². The molecule has 0 bridgehead atoms. The van der Waals surface area contributed by atoms with Crippen LogP contribution in [0, 0.1) is 5.41 Å². The van der Waals surface area contributed by atoms with Crippen LogP contribution in [0.5, 0.6) is 0 Å². The average molecular weight is 387 g/mol. The van der Waals surface area contributed by atoms with Crippen LogP contribution in [-0.2, 0) is 32.2 Å². The highest BCUT2D eigenvalue weighted by Crippen LogP contribution is 2.30. The van der Waals surface area contributed by atoms with Crippen LogP contribution in [0.25, 0.3) is 0 Å². The summed E-state index contributed by atoms with van der Waals surface area (Å²) in [6.07, 6.45) is 0.364. The molecule has 2 aliphatic rings. The summed E-state index contributed by atoms with van der Waals surface area (Å²) < 4.78 is 5.14. The van der Waals surface area contributed by atoms with Gasteiger partial charge in [0.05, 0.1) is 5.41 Å². The quantitative estimate of drug-likeness (QED) is 0.613. The van der Waals surface area contributed by atoms with E-state index in [1.165, 1.54) is 4.90 Å². The highest BCUT2D eigenvalue weighted by Gasteiger charge is 2.43. The number of fused-ring (bicyclic) bond motifs is 1. The van der Waals surface area contributed by atoms with E-state index in [0.717, 1.165) is 16.0 Å². The number of ether oxygens (including phenoxy) is 1. The monoisotopic (exact) mass is 387 g/mol. The molecule has 1 aromatic carbocycles. The number of amides is 3. The van der Waals surface area contributed by atoms with Gasteiger partial charge in [-0.25, -0.2) is 4.90 Å². The first-order valence-electron chi connectivity index (χ1n) is 9.27. The first-order chi connectivity index (χ1) is 13.1. The summed E-state index contributed by atoms with van der Waals surface area (Å²) in [6, 6.07) is 4.63. The molecule has 1 atom stereocenters. The first-order valence-corrected chi connectivity index (χ1v) is 9.27. The minimum absolute atomic E-state index is 0.109. The Hall–Kier alpha value is -2.74. The number of benzene rings is 1. The Morgan fingerprint density at radius 3 is 2.61 bits per heavy atom. The maximum absolute atomic E-state index is 12.9. The van der Waals surface area contributed by atoms with Gasteiger partial charge in [0.1, 0.15) is 6.04 Å². The fraction of sp³-hybridized carbons (Fsp3) is 0.500. The number of carbonyl (C=O) groups excluding carboxylic acids is 4. The van der Waals surface area contributed by atoms with Gasteiger partial charge in [-0.2, -0.15) is 0 Å². The summed E-state index contributed by atoms with van der Waals surface area (Å²) >= 11 is 0. The Morgan fingerprint density at radius 1 is 1.25 bits per heavy atom. The number of nitrogens with zero attached hydrogens (tertiary/aromatic N) is 2. The van der Waals surface area contributed by atoms with Gasteiger partial charge in [-0.1, -0.05) is 12.1 Å². The largest absolute Gasteiger partial charge is 0.443 e. The number of rotatable bonds is 4. The van der Waals surface area contributed by atoms with Crippen LogP contribution in [0.3, 0.4) is 0 Å². The fourth-order valence-electron chi connectivity index (χ4n) is 3.36. The standard InChI is InChI=1S/C20H25N3O5/c1-20(2,3)19(27)28-11-23-16(24)7-6-15(18(23)26)22-10-13-8-12(9-21)4-5-14(13)17(22)25/h4-5,8,15H,6-7,9-11,21H2,1-3H3. The maximum Gasteiger partial charge on any atom is 0.312 e. The molecule has 3 rings (SSSR count). The third-order valence-corrected chi connectivity index (χ3v) is 5.03. The summed E-state index contributed by atoms with van der Waals surface area (Å²) in [7, 11) is 0. The summed E-state index contributed by atoms with van der Waals surface area (Å²) in [5, 5.41) is 0. The zero-order chi connectivity index (χ0) is 20.6. The maximum atomic E-state index is 12.9. The van der Waals surface area contributed by atoms with Crippen molar-refractivity contribution in [3.63, 3.8) is 0 Å². The molecule has 1 aromatic rings. The van der Waals surface area contributed by atoms with E-state index in [1.807, 2.05) is 6.07 Å². The molecule has 1 fully saturated rings. The molecule has 2 heterocycles. The minimum Gasteiger partial charge on any atom is -0.443 e. The number of esters is 1. The molecule has 3 amide bonds. The van der Waals surface area contributed by atoms with Gasteiger partial charge in [0.15, 0.2) is 6.73 Å². The SMILES string of the molecule is CC(C)(C)C(=O)OCN1C(=O)CCC(N2Cc3cc(CN)ccc3C2=O)C1=O. The van der Waals surface area contributed by atoms with E-state index in [9.17, 15) is 19.2 Å². The van der Waals surface area contributed by atoms with Gasteiger partial charge < -0.3 is 15.4 Å². The molecule has 28 heavy (non-hydrogen) atoms. The van der Waals surface area contributed by atoms with E-state index in [4.69, 9.17) is 10.5 Å². The van der Waals surface area contributed by atoms with Crippen molar-refractivity contribution in [2.75, 3.05) is 6.73 Å². The van der Waals surface area contributed by atoms with Gasteiger partial charge in [0.2, 0.25) is 5.91 Å². The average Bonchev–Trinajstić information content (AvgIpc) is 2.96. The molecular formula is C20H25N3O5. The number of imide groups is 1. The summed E-state index contributed by atoms with van der Waals surface area (Å²) in [5.74, 6) is -1.66. The van der Waals surface area contributed by atoms with Crippen molar-refractivity contribution in [1.82, 2.24) is 9.80 Å². The number of hydrogen-bond acceptors (Lipinski definition) is 6. The lowest BCUT2D eigenvalue weighted by molar-refractivity contribution is -0.168. The molecule has 8 heteroatoms. The van der Waals surface area contributed by atoms with Crippen molar-refractivity contribution in [3.05, 3.63) is 34.9 Å². The van der Waals surface area contributed by atoms with Crippen molar-refractivity contribution < 1.29 is 23.9 Å². The van der Waals surface area contributed by atoms with Crippen molar-refractivity contribution in [1.29, 1.82) is 0 Å². The highest BCUT2D eigenvalue weighted by atomic mass is 16.5. The summed E-state index contributed by atoms with van der Waals surface area (Å²) in [5.41, 5.74) is 7.20. The molecule has 1 unspecified atom stereocenters. The van der Waals surface area contributed by atoms with E-state index in [-0.39, 0.29) is 18.7 Å². The molecule has 8 nitrogen and oxygen atoms in total. The second-order valence-corrected chi connectivity index (χ2v) is 8.15. The molecule has 0 saturated carbocycles. The lowest BCUT2D eigenvalue weighted by Crippen LogP contribution is -2.55. The number of nitrogens with two attached hydrogens (primary N) is 1. The first kappa shape index (κ1) is 20.0. The molecule has 0 aliphatic carbocycles. The summed E-state index contributed by atoms with van der Waals surface area (Å²) in [6.45, 7) is 5.29. The molecule has 150 valence electrons. The smallest absolute Gasteiger partial charge is 0.312 e. The highest BCUT2D eigenvalue weighted by molar-refractivity contribution is 6.05. The second-order valence-electron chi connectivity index (χ2n) is 8.15. The second kappa shape index (κ2) is 7.35. The zero-order valence-electron chi connectivity index (χ0n) is 16.4. The normalized spacial score (nSPS) is 19.9. The van der Waals surface area contributed by atoms with Gasteiger partial charge in [-0.05, 0) is 44.4 Å². The molecule has 1 saturated heterocycles. The topological polar surface area (TPSA) is 110 Å². The number of piperidine rings is 1. The molecule has 2 aliphatic heterocycles. The molecule has 0 radical (unpaired) electrons. The van der Waals surface area contributed by atoms with Gasteiger partial charge in [-0.15, -0.1) is 0 Å². The Bertz CT molecular complexity index is 843. The van der Waals surface area contributed by atoms with Crippen LogP contribution >= 0.6 is 0 Å². The van der Waals surface area contributed by atoms with Crippen LogP contribution in [0.1, 0.15) is 55.1 Å². The Kier molecular flexibility index (Phi) is 5.25. The molecule has 0 aromatic heterocycles. The Balaban J connectivity index is 1.75. The zero-order valence-corrected chi connectivity index (χ0v) is 16.4. The van der Waals surface area contributed by atoms with E-state index < -0.39 is 36.0 Å². The summed E-state index contributed by atoms with van der Waals surface area (Å²) in [4.78, 5) is 52.3. The lowest BCUT2D eigenvalue weighted by Gasteiger charge is -2.35. The fourth-order valence-corrected chi connectivity index (χ4v) is 3.36. The van der Waals surface area contributed by atoms with Crippen LogP contribution in [-0.4, -0.2) is 46.3 Å². The van der Waals surface area contributed by atoms with E-state index in [1.54, 1.807) is 32.9 Å². The number of hydrogen-bond donors (Lipinski definition) is 1. The molecular weight excluding hydrogens is 362 g/mol.